The second-order valence-corrected chi connectivity index (χ2v) is 5.53. The largest absolute Gasteiger partial charge is 0.391 e. The van der Waals surface area contributed by atoms with E-state index < -0.39 is 12.1 Å². The third kappa shape index (κ3) is 3.16. The van der Waals surface area contributed by atoms with Gasteiger partial charge >= 0.3 is 6.18 Å². The van der Waals surface area contributed by atoms with Crippen molar-refractivity contribution in [2.24, 2.45) is 17.6 Å². The van der Waals surface area contributed by atoms with Gasteiger partial charge in [-0.2, -0.15) is 13.2 Å². The van der Waals surface area contributed by atoms with E-state index in [0.29, 0.717) is 12.8 Å². The second kappa shape index (κ2) is 5.07. The standard InChI is InChI=1S/C12H19F3N2O/c13-12(14,15)8-3-1-7(2-4-8)11(18)17-10-5-9(16)6-10/h7-10H,1-6,16H2,(H,17,18). The van der Waals surface area contributed by atoms with Crippen LogP contribution in [0.2, 0.25) is 0 Å². The Morgan fingerprint density at radius 1 is 1.11 bits per heavy atom. The van der Waals surface area contributed by atoms with Gasteiger partial charge in [0.25, 0.3) is 0 Å². The summed E-state index contributed by atoms with van der Waals surface area (Å²) in [5, 5.41) is 2.87. The van der Waals surface area contributed by atoms with Crippen molar-refractivity contribution in [3.05, 3.63) is 0 Å². The Balaban J connectivity index is 1.74. The second-order valence-electron chi connectivity index (χ2n) is 5.53. The molecule has 0 spiro atoms. The Kier molecular flexibility index (Phi) is 3.84. The zero-order valence-electron chi connectivity index (χ0n) is 10.2. The molecule has 0 saturated heterocycles. The Morgan fingerprint density at radius 3 is 2.11 bits per heavy atom. The molecule has 0 aromatic carbocycles. The van der Waals surface area contributed by atoms with Crippen molar-refractivity contribution in [2.75, 3.05) is 0 Å². The zero-order chi connectivity index (χ0) is 13.3. The van der Waals surface area contributed by atoms with Gasteiger partial charge in [-0.3, -0.25) is 4.79 Å². The normalized spacial score (nSPS) is 36.9. The number of hydrogen-bond acceptors (Lipinski definition) is 2. The molecule has 0 heterocycles. The van der Waals surface area contributed by atoms with Gasteiger partial charge in [0.2, 0.25) is 5.91 Å². The van der Waals surface area contributed by atoms with Crippen molar-refractivity contribution in [1.29, 1.82) is 0 Å². The lowest BCUT2D eigenvalue weighted by atomic mass is 9.80. The summed E-state index contributed by atoms with van der Waals surface area (Å²) >= 11 is 0. The molecule has 3 N–H and O–H groups in total. The molecule has 0 atom stereocenters. The minimum absolute atomic E-state index is 0.0752. The summed E-state index contributed by atoms with van der Waals surface area (Å²) in [5.74, 6) is -1.56. The van der Waals surface area contributed by atoms with E-state index in [1.54, 1.807) is 0 Å². The third-order valence-corrected chi connectivity index (χ3v) is 4.08. The fraction of sp³-hybridized carbons (Fsp3) is 0.917. The molecule has 0 aromatic rings. The first-order chi connectivity index (χ1) is 8.36. The van der Waals surface area contributed by atoms with Crippen molar-refractivity contribution >= 4 is 5.91 Å². The highest BCUT2D eigenvalue weighted by Crippen LogP contribution is 2.39. The summed E-state index contributed by atoms with van der Waals surface area (Å²) in [6, 6.07) is 0.295. The summed E-state index contributed by atoms with van der Waals surface area (Å²) in [6.45, 7) is 0. The van der Waals surface area contributed by atoms with Crippen LogP contribution in [0.5, 0.6) is 0 Å². The maximum Gasteiger partial charge on any atom is 0.391 e. The van der Waals surface area contributed by atoms with Crippen molar-refractivity contribution < 1.29 is 18.0 Å². The summed E-state index contributed by atoms with van der Waals surface area (Å²) in [4.78, 5) is 11.8. The minimum atomic E-state index is -4.11. The Hall–Kier alpha value is -0.780. The van der Waals surface area contributed by atoms with Gasteiger partial charge in [-0.1, -0.05) is 0 Å². The Morgan fingerprint density at radius 2 is 1.67 bits per heavy atom. The van der Waals surface area contributed by atoms with E-state index in [-0.39, 0.29) is 36.8 Å². The van der Waals surface area contributed by atoms with Crippen LogP contribution in [0, 0.1) is 11.8 Å². The van der Waals surface area contributed by atoms with Gasteiger partial charge in [0.15, 0.2) is 0 Å². The van der Waals surface area contributed by atoms with Crippen molar-refractivity contribution in [2.45, 2.75) is 56.8 Å². The van der Waals surface area contributed by atoms with Gasteiger partial charge in [0.1, 0.15) is 0 Å². The van der Waals surface area contributed by atoms with Gasteiger partial charge in [0.05, 0.1) is 5.92 Å². The molecule has 0 aliphatic heterocycles. The smallest absolute Gasteiger partial charge is 0.353 e. The predicted molar refractivity (Wildman–Crippen MR) is 60.6 cm³/mol. The summed E-state index contributed by atoms with van der Waals surface area (Å²) in [7, 11) is 0. The number of carbonyl (C=O) groups is 1. The van der Waals surface area contributed by atoms with Crippen molar-refractivity contribution in [3.63, 3.8) is 0 Å². The molecule has 2 aliphatic rings. The van der Waals surface area contributed by atoms with E-state index in [2.05, 4.69) is 5.32 Å². The number of alkyl halides is 3. The number of carbonyl (C=O) groups excluding carboxylic acids is 1. The molecule has 0 radical (unpaired) electrons. The lowest BCUT2D eigenvalue weighted by Crippen LogP contribution is -2.52. The van der Waals surface area contributed by atoms with E-state index in [9.17, 15) is 18.0 Å². The van der Waals surface area contributed by atoms with Crippen LogP contribution in [0.4, 0.5) is 13.2 Å². The van der Waals surface area contributed by atoms with Gasteiger partial charge < -0.3 is 11.1 Å². The molecule has 3 nitrogen and oxygen atoms in total. The Labute approximate surface area is 104 Å². The van der Waals surface area contributed by atoms with E-state index in [4.69, 9.17) is 5.73 Å². The maximum atomic E-state index is 12.5. The molecular formula is C12H19F3N2O. The molecule has 18 heavy (non-hydrogen) atoms. The molecule has 2 saturated carbocycles. The molecule has 104 valence electrons. The van der Waals surface area contributed by atoms with E-state index in [0.717, 1.165) is 12.8 Å². The molecule has 0 aromatic heterocycles. The molecule has 0 bridgehead atoms. The SMILES string of the molecule is NC1CC(NC(=O)C2CCC(C(F)(F)F)CC2)C1. The number of amides is 1. The molecule has 2 fully saturated rings. The van der Waals surface area contributed by atoms with Gasteiger partial charge in [-0.05, 0) is 38.5 Å². The molecule has 1 amide bonds. The van der Waals surface area contributed by atoms with Crippen LogP contribution in [0.25, 0.3) is 0 Å². The van der Waals surface area contributed by atoms with Crippen LogP contribution in [0.15, 0.2) is 0 Å². The van der Waals surface area contributed by atoms with Crippen molar-refractivity contribution in [1.82, 2.24) is 5.32 Å². The monoisotopic (exact) mass is 264 g/mol. The number of hydrogen-bond donors (Lipinski definition) is 2. The quantitative estimate of drug-likeness (QED) is 0.801. The first-order valence-corrected chi connectivity index (χ1v) is 6.49. The fourth-order valence-corrected chi connectivity index (χ4v) is 2.78. The van der Waals surface area contributed by atoms with Crippen LogP contribution in [0.3, 0.4) is 0 Å². The van der Waals surface area contributed by atoms with Crippen molar-refractivity contribution in [3.8, 4) is 0 Å². The highest BCUT2D eigenvalue weighted by atomic mass is 19.4. The average Bonchev–Trinajstić information content (AvgIpc) is 2.26. The zero-order valence-corrected chi connectivity index (χ0v) is 10.2. The lowest BCUT2D eigenvalue weighted by Gasteiger charge is -2.35. The Bertz CT molecular complexity index is 305. The van der Waals surface area contributed by atoms with Crippen LogP contribution in [0.1, 0.15) is 38.5 Å². The summed E-state index contributed by atoms with van der Waals surface area (Å²) < 4.78 is 37.4. The number of rotatable bonds is 2. The summed E-state index contributed by atoms with van der Waals surface area (Å²) in [6.07, 6.45) is -1.71. The topological polar surface area (TPSA) is 55.1 Å². The molecule has 0 unspecified atom stereocenters. The van der Waals surface area contributed by atoms with Crippen LogP contribution >= 0.6 is 0 Å². The van der Waals surface area contributed by atoms with E-state index >= 15 is 0 Å². The molecule has 2 aliphatic carbocycles. The first-order valence-electron chi connectivity index (χ1n) is 6.49. The fourth-order valence-electron chi connectivity index (χ4n) is 2.78. The highest BCUT2D eigenvalue weighted by molar-refractivity contribution is 5.79. The number of nitrogens with one attached hydrogen (secondary N) is 1. The van der Waals surface area contributed by atoms with Gasteiger partial charge in [-0.15, -0.1) is 0 Å². The maximum absolute atomic E-state index is 12.5. The number of nitrogens with two attached hydrogens (primary N) is 1. The molecular weight excluding hydrogens is 245 g/mol. The van der Waals surface area contributed by atoms with Crippen LogP contribution in [-0.4, -0.2) is 24.2 Å². The molecule has 6 heteroatoms. The van der Waals surface area contributed by atoms with E-state index in [1.165, 1.54) is 0 Å². The van der Waals surface area contributed by atoms with Crippen LogP contribution in [-0.2, 0) is 4.79 Å². The van der Waals surface area contributed by atoms with Gasteiger partial charge in [-0.25, -0.2) is 0 Å². The minimum Gasteiger partial charge on any atom is -0.353 e. The van der Waals surface area contributed by atoms with E-state index in [1.807, 2.05) is 0 Å². The lowest BCUT2D eigenvalue weighted by molar-refractivity contribution is -0.184. The van der Waals surface area contributed by atoms with Gasteiger partial charge in [0, 0.05) is 18.0 Å². The predicted octanol–water partition coefficient (Wildman–Crippen LogP) is 1.96. The summed E-state index contributed by atoms with van der Waals surface area (Å²) in [5.41, 5.74) is 5.61. The molecule has 2 rings (SSSR count). The average molecular weight is 264 g/mol. The first kappa shape index (κ1) is 13.6. The van der Waals surface area contributed by atoms with Crippen LogP contribution < -0.4 is 11.1 Å². The highest BCUT2D eigenvalue weighted by Gasteiger charge is 2.42. The number of halogens is 3. The third-order valence-electron chi connectivity index (χ3n) is 4.08.